The van der Waals surface area contributed by atoms with Gasteiger partial charge in [-0.25, -0.2) is 8.42 Å². The first kappa shape index (κ1) is 26.4. The Morgan fingerprint density at radius 1 is 0.914 bits per heavy atom. The molecule has 3 aromatic carbocycles. The zero-order chi connectivity index (χ0) is 25.4. The Morgan fingerprint density at radius 2 is 1.49 bits per heavy atom. The van der Waals surface area contributed by atoms with Crippen molar-refractivity contribution in [2.24, 2.45) is 0 Å². The number of hydrogen-bond acceptors (Lipinski definition) is 4. The molecule has 2 amide bonds. The number of rotatable bonds is 10. The smallest absolute Gasteiger partial charge is 0.264 e. The number of benzene rings is 3. The Balaban J connectivity index is 2.03. The van der Waals surface area contributed by atoms with Gasteiger partial charge in [0.2, 0.25) is 11.8 Å². The van der Waals surface area contributed by atoms with E-state index in [9.17, 15) is 18.0 Å². The van der Waals surface area contributed by atoms with Gasteiger partial charge in [-0.15, -0.1) is 0 Å². The van der Waals surface area contributed by atoms with Crippen LogP contribution in [-0.2, 0) is 26.2 Å². The minimum Gasteiger partial charge on any atom is -0.357 e. The average molecular weight is 558 g/mol. The van der Waals surface area contributed by atoms with Gasteiger partial charge in [0.1, 0.15) is 12.6 Å². The van der Waals surface area contributed by atoms with E-state index in [0.717, 1.165) is 14.3 Å². The highest BCUT2D eigenvalue weighted by atomic mass is 79.9. The Labute approximate surface area is 214 Å². The maximum atomic E-state index is 13.7. The molecule has 0 aliphatic carbocycles. The first-order chi connectivity index (χ1) is 16.8. The summed E-state index contributed by atoms with van der Waals surface area (Å²) < 4.78 is 29.1. The third-order valence-corrected chi connectivity index (χ3v) is 7.87. The van der Waals surface area contributed by atoms with Crippen LogP contribution in [0.3, 0.4) is 0 Å². The quantitative estimate of drug-likeness (QED) is 0.404. The summed E-state index contributed by atoms with van der Waals surface area (Å²) in [6.07, 6.45) is 0.377. The predicted octanol–water partition coefficient (Wildman–Crippen LogP) is 4.20. The van der Waals surface area contributed by atoms with E-state index in [1.165, 1.54) is 24.1 Å². The number of nitrogens with one attached hydrogen (secondary N) is 1. The van der Waals surface area contributed by atoms with E-state index in [-0.39, 0.29) is 17.3 Å². The Bertz CT molecular complexity index is 1240. The van der Waals surface area contributed by atoms with Crippen LogP contribution in [0.2, 0.25) is 0 Å². The van der Waals surface area contributed by atoms with Gasteiger partial charge in [-0.05, 0) is 48.4 Å². The molecule has 7 nitrogen and oxygen atoms in total. The van der Waals surface area contributed by atoms with Crippen molar-refractivity contribution < 1.29 is 18.0 Å². The van der Waals surface area contributed by atoms with E-state index in [1.807, 2.05) is 37.3 Å². The number of sulfonamides is 1. The highest BCUT2D eigenvalue weighted by Gasteiger charge is 2.33. The van der Waals surface area contributed by atoms with E-state index in [4.69, 9.17) is 0 Å². The second-order valence-corrected chi connectivity index (χ2v) is 10.6. The fourth-order valence-corrected chi connectivity index (χ4v) is 5.42. The molecule has 0 radical (unpaired) electrons. The summed E-state index contributed by atoms with van der Waals surface area (Å²) in [6.45, 7) is 1.53. The minimum absolute atomic E-state index is 0.0728. The molecular formula is C26H28BrN3O4S. The molecule has 3 aromatic rings. The first-order valence-corrected chi connectivity index (χ1v) is 13.4. The summed E-state index contributed by atoms with van der Waals surface area (Å²) in [4.78, 5) is 27.9. The van der Waals surface area contributed by atoms with Crippen LogP contribution in [0.5, 0.6) is 0 Å². The lowest BCUT2D eigenvalue weighted by Gasteiger charge is -2.33. The second kappa shape index (κ2) is 12.0. The van der Waals surface area contributed by atoms with Crippen molar-refractivity contribution >= 4 is 43.5 Å². The van der Waals surface area contributed by atoms with Gasteiger partial charge >= 0.3 is 0 Å². The molecule has 0 saturated carbocycles. The van der Waals surface area contributed by atoms with Crippen molar-refractivity contribution in [1.82, 2.24) is 10.2 Å². The third kappa shape index (κ3) is 6.49. The van der Waals surface area contributed by atoms with Crippen molar-refractivity contribution in [3.05, 3.63) is 95.0 Å². The lowest BCUT2D eigenvalue weighted by Crippen LogP contribution is -2.51. The number of carbonyl (C=O) groups is 2. The molecule has 0 aliphatic heterocycles. The zero-order valence-corrected chi connectivity index (χ0v) is 22.0. The van der Waals surface area contributed by atoms with Crippen LogP contribution in [0.4, 0.5) is 5.69 Å². The van der Waals surface area contributed by atoms with Crippen molar-refractivity contribution in [2.75, 3.05) is 17.9 Å². The summed E-state index contributed by atoms with van der Waals surface area (Å²) in [5, 5.41) is 2.61. The number of anilines is 1. The molecule has 0 fully saturated rings. The van der Waals surface area contributed by atoms with Crippen molar-refractivity contribution in [3.8, 4) is 0 Å². The van der Waals surface area contributed by atoms with Crippen molar-refractivity contribution in [1.29, 1.82) is 0 Å². The molecule has 0 saturated heterocycles. The van der Waals surface area contributed by atoms with E-state index < -0.39 is 28.5 Å². The Hall–Kier alpha value is -3.17. The van der Waals surface area contributed by atoms with Gasteiger partial charge in [0, 0.05) is 18.1 Å². The fourth-order valence-electron chi connectivity index (χ4n) is 3.72. The van der Waals surface area contributed by atoms with Gasteiger partial charge < -0.3 is 10.2 Å². The summed E-state index contributed by atoms with van der Waals surface area (Å²) in [6, 6.07) is 23.2. The lowest BCUT2D eigenvalue weighted by atomic mass is 10.1. The van der Waals surface area contributed by atoms with Crippen LogP contribution in [0, 0.1) is 0 Å². The first-order valence-electron chi connectivity index (χ1n) is 11.2. The number of carbonyl (C=O) groups excluding carboxylic acids is 2. The largest absolute Gasteiger partial charge is 0.357 e. The Kier molecular flexibility index (Phi) is 9.06. The fraction of sp³-hybridized carbons (Fsp3) is 0.231. The number of amides is 2. The summed E-state index contributed by atoms with van der Waals surface area (Å²) >= 11 is 3.37. The van der Waals surface area contributed by atoms with Gasteiger partial charge in [-0.1, -0.05) is 71.4 Å². The topological polar surface area (TPSA) is 86.8 Å². The molecule has 1 N–H and O–H groups in total. The third-order valence-electron chi connectivity index (χ3n) is 5.55. The Morgan fingerprint density at radius 3 is 2.03 bits per heavy atom. The number of hydrogen-bond donors (Lipinski definition) is 1. The number of halogens is 1. The predicted molar refractivity (Wildman–Crippen MR) is 140 cm³/mol. The SMILES string of the molecule is CC[C@@H](C(=O)NC)N(Cc1ccccc1)C(=O)CN(c1ccc(Br)cc1)S(=O)(=O)c1ccccc1. The lowest BCUT2D eigenvalue weighted by molar-refractivity contribution is -0.140. The average Bonchev–Trinajstić information content (AvgIpc) is 2.88. The van der Waals surface area contributed by atoms with Gasteiger partial charge in [0.05, 0.1) is 10.6 Å². The number of likely N-dealkylation sites (N-methyl/N-ethyl adjacent to an activating group) is 1. The van der Waals surface area contributed by atoms with E-state index in [0.29, 0.717) is 12.1 Å². The van der Waals surface area contributed by atoms with E-state index in [2.05, 4.69) is 21.2 Å². The summed E-state index contributed by atoms with van der Waals surface area (Å²) in [7, 11) is -2.54. The van der Waals surface area contributed by atoms with E-state index in [1.54, 1.807) is 42.5 Å². The zero-order valence-electron chi connectivity index (χ0n) is 19.6. The normalized spacial score (nSPS) is 12.0. The highest BCUT2D eigenvalue weighted by molar-refractivity contribution is 9.10. The molecule has 9 heteroatoms. The second-order valence-electron chi connectivity index (χ2n) is 7.85. The monoisotopic (exact) mass is 557 g/mol. The van der Waals surface area contributed by atoms with Crippen LogP contribution in [0.1, 0.15) is 18.9 Å². The molecule has 0 aromatic heterocycles. The molecule has 1 atom stereocenters. The maximum absolute atomic E-state index is 13.7. The summed E-state index contributed by atoms with van der Waals surface area (Å²) in [5.41, 5.74) is 1.18. The van der Waals surface area contributed by atoms with Gasteiger partial charge in [-0.3, -0.25) is 13.9 Å². The molecule has 0 spiro atoms. The molecule has 3 rings (SSSR count). The molecular weight excluding hydrogens is 530 g/mol. The summed E-state index contributed by atoms with van der Waals surface area (Å²) in [5.74, 6) is -0.787. The molecule has 0 aliphatic rings. The molecule has 0 heterocycles. The van der Waals surface area contributed by atoms with Gasteiger partial charge in [0.25, 0.3) is 10.0 Å². The number of nitrogens with zero attached hydrogens (tertiary/aromatic N) is 2. The highest BCUT2D eigenvalue weighted by Crippen LogP contribution is 2.26. The standard InChI is InChI=1S/C26H28BrN3O4S/c1-3-24(26(32)28-2)29(18-20-10-6-4-7-11-20)25(31)19-30(22-16-14-21(27)15-17-22)35(33,34)23-12-8-5-9-13-23/h4-17,24H,3,18-19H2,1-2H3,(H,28,32)/t24-/m0/s1. The molecule has 184 valence electrons. The minimum atomic E-state index is -4.06. The van der Waals surface area contributed by atoms with Crippen LogP contribution in [0.25, 0.3) is 0 Å². The van der Waals surface area contributed by atoms with Gasteiger partial charge in [-0.2, -0.15) is 0 Å². The maximum Gasteiger partial charge on any atom is 0.264 e. The molecule has 0 bridgehead atoms. The van der Waals surface area contributed by atoms with Gasteiger partial charge in [0.15, 0.2) is 0 Å². The molecule has 35 heavy (non-hydrogen) atoms. The van der Waals surface area contributed by atoms with Crippen LogP contribution in [-0.4, -0.2) is 44.8 Å². The van der Waals surface area contributed by atoms with Crippen molar-refractivity contribution in [3.63, 3.8) is 0 Å². The van der Waals surface area contributed by atoms with Crippen LogP contribution >= 0.6 is 15.9 Å². The van der Waals surface area contributed by atoms with Crippen LogP contribution in [0.15, 0.2) is 94.3 Å². The van der Waals surface area contributed by atoms with E-state index >= 15 is 0 Å². The van der Waals surface area contributed by atoms with Crippen molar-refractivity contribution in [2.45, 2.75) is 30.8 Å². The molecule has 0 unspecified atom stereocenters. The van der Waals surface area contributed by atoms with Crippen LogP contribution < -0.4 is 9.62 Å².